The van der Waals surface area contributed by atoms with Gasteiger partial charge in [-0.3, -0.25) is 4.79 Å². The summed E-state index contributed by atoms with van der Waals surface area (Å²) in [7, 11) is 0. The number of nitrogens with two attached hydrogens (primary N) is 1. The van der Waals surface area contributed by atoms with Crippen LogP contribution in [0.3, 0.4) is 0 Å². The predicted octanol–water partition coefficient (Wildman–Crippen LogP) is 3.63. The molecule has 6 nitrogen and oxygen atoms in total. The molecule has 24 heavy (non-hydrogen) atoms. The molecule has 0 saturated heterocycles. The van der Waals surface area contributed by atoms with Crippen LogP contribution in [0, 0.1) is 0 Å². The van der Waals surface area contributed by atoms with Crippen LogP contribution in [0.1, 0.15) is 56.8 Å². The molecule has 0 bridgehead atoms. The molecule has 1 unspecified atom stereocenters. The van der Waals surface area contributed by atoms with Crippen molar-refractivity contribution < 1.29 is 19.1 Å². The minimum atomic E-state index is -0.819. The van der Waals surface area contributed by atoms with Crippen LogP contribution in [0.5, 0.6) is 11.5 Å². The van der Waals surface area contributed by atoms with E-state index in [0.29, 0.717) is 5.75 Å². The van der Waals surface area contributed by atoms with E-state index in [0.717, 1.165) is 25.7 Å². The second-order valence-electron chi connectivity index (χ2n) is 5.97. The van der Waals surface area contributed by atoms with Gasteiger partial charge in [-0.25, -0.2) is 4.79 Å². The summed E-state index contributed by atoms with van der Waals surface area (Å²) in [6.45, 7) is 5.30. The number of carbonyl (C=O) groups is 1. The van der Waals surface area contributed by atoms with Crippen molar-refractivity contribution in [1.29, 1.82) is 0 Å². The van der Waals surface area contributed by atoms with E-state index in [1.54, 1.807) is 0 Å². The average Bonchev–Trinajstić information content (AvgIpc) is 2.45. The number of unbranched alkanes of at least 4 members (excludes halogenated alkanes) is 2. The van der Waals surface area contributed by atoms with E-state index in [-0.39, 0.29) is 34.1 Å². The zero-order chi connectivity index (χ0) is 17.9. The van der Waals surface area contributed by atoms with Gasteiger partial charge in [0, 0.05) is 12.1 Å². The first kappa shape index (κ1) is 17.8. The van der Waals surface area contributed by atoms with Gasteiger partial charge in [0.1, 0.15) is 22.6 Å². The van der Waals surface area contributed by atoms with E-state index in [9.17, 15) is 14.7 Å². The van der Waals surface area contributed by atoms with Crippen molar-refractivity contribution in [2.24, 2.45) is 0 Å². The van der Waals surface area contributed by atoms with Crippen LogP contribution in [-0.4, -0.2) is 17.0 Å². The number of ether oxygens (including phenoxy) is 1. The predicted molar refractivity (Wildman–Crippen MR) is 92.8 cm³/mol. The molecular weight excluding hydrogens is 310 g/mol. The fraction of sp³-hybridized carbons (Fsp3) is 0.444. The van der Waals surface area contributed by atoms with Crippen molar-refractivity contribution in [3.05, 3.63) is 28.1 Å². The van der Waals surface area contributed by atoms with Crippen LogP contribution in [0.2, 0.25) is 0 Å². The van der Waals surface area contributed by atoms with Crippen LogP contribution in [0.4, 0.5) is 5.69 Å². The molecule has 2 rings (SSSR count). The lowest BCUT2D eigenvalue weighted by Crippen LogP contribution is -2.15. The Balaban J connectivity index is 2.38. The molecular formula is C18H23NO5. The molecule has 3 N–H and O–H groups in total. The van der Waals surface area contributed by atoms with Gasteiger partial charge in [-0.05, 0) is 26.7 Å². The molecule has 1 aromatic heterocycles. The average molecular weight is 333 g/mol. The Morgan fingerprint density at radius 1 is 1.38 bits per heavy atom. The third-order valence-electron chi connectivity index (χ3n) is 3.90. The van der Waals surface area contributed by atoms with Gasteiger partial charge in [0.05, 0.1) is 17.2 Å². The molecule has 0 aliphatic heterocycles. The maximum absolute atomic E-state index is 11.9. The largest absolute Gasteiger partial charge is 0.507 e. The van der Waals surface area contributed by atoms with Crippen LogP contribution in [-0.2, 0) is 0 Å². The van der Waals surface area contributed by atoms with Gasteiger partial charge in [0.15, 0.2) is 5.78 Å². The van der Waals surface area contributed by atoms with Gasteiger partial charge < -0.3 is 20.0 Å². The van der Waals surface area contributed by atoms with E-state index >= 15 is 0 Å². The van der Waals surface area contributed by atoms with Gasteiger partial charge in [0.2, 0.25) is 0 Å². The highest BCUT2D eigenvalue weighted by atomic mass is 16.5. The fourth-order valence-electron chi connectivity index (χ4n) is 2.69. The number of phenols is 1. The summed E-state index contributed by atoms with van der Waals surface area (Å²) in [6, 6.07) is 2.92. The van der Waals surface area contributed by atoms with Crippen LogP contribution < -0.4 is 16.1 Å². The molecule has 0 saturated carbocycles. The van der Waals surface area contributed by atoms with Gasteiger partial charge in [0.25, 0.3) is 0 Å². The second-order valence-corrected chi connectivity index (χ2v) is 5.97. The van der Waals surface area contributed by atoms with Crippen LogP contribution in [0.15, 0.2) is 21.3 Å². The maximum atomic E-state index is 11.9. The number of anilines is 1. The third-order valence-corrected chi connectivity index (χ3v) is 3.90. The summed E-state index contributed by atoms with van der Waals surface area (Å²) in [5, 5.41) is 10.4. The summed E-state index contributed by atoms with van der Waals surface area (Å²) in [5.74, 6) is -0.304. The monoisotopic (exact) mass is 333 g/mol. The number of fused-ring (bicyclic) bond motifs is 1. The van der Waals surface area contributed by atoms with Gasteiger partial charge in [-0.2, -0.15) is 0 Å². The fourth-order valence-corrected chi connectivity index (χ4v) is 2.69. The number of aromatic hydroxyl groups is 1. The molecule has 0 spiro atoms. The smallest absolute Gasteiger partial charge is 0.349 e. The molecule has 0 radical (unpaired) electrons. The Hall–Kier alpha value is -2.50. The summed E-state index contributed by atoms with van der Waals surface area (Å²) in [4.78, 5) is 23.5. The highest BCUT2D eigenvalue weighted by Crippen LogP contribution is 2.35. The van der Waals surface area contributed by atoms with Crippen LogP contribution >= 0.6 is 0 Å². The van der Waals surface area contributed by atoms with E-state index in [1.165, 1.54) is 19.1 Å². The summed E-state index contributed by atoms with van der Waals surface area (Å²) in [6.07, 6.45) is 4.18. The van der Waals surface area contributed by atoms with Crippen molar-refractivity contribution in [1.82, 2.24) is 0 Å². The lowest BCUT2D eigenvalue weighted by molar-refractivity contribution is 0.101. The molecule has 0 aliphatic carbocycles. The highest BCUT2D eigenvalue weighted by Gasteiger charge is 2.19. The second kappa shape index (κ2) is 7.38. The van der Waals surface area contributed by atoms with Crippen molar-refractivity contribution in [2.75, 3.05) is 5.73 Å². The first-order valence-corrected chi connectivity index (χ1v) is 8.12. The van der Waals surface area contributed by atoms with Gasteiger partial charge in [-0.1, -0.05) is 19.8 Å². The number of benzene rings is 1. The van der Waals surface area contributed by atoms with Crippen molar-refractivity contribution >= 4 is 22.4 Å². The van der Waals surface area contributed by atoms with Crippen molar-refractivity contribution in [3.63, 3.8) is 0 Å². The maximum Gasteiger partial charge on any atom is 0.349 e. The third kappa shape index (κ3) is 3.69. The SMILES string of the molecule is CCCCCC(C)Oc1cc(O)c2c(N)c(C(C)=O)c(=O)oc2c1. The van der Waals surface area contributed by atoms with E-state index in [4.69, 9.17) is 14.9 Å². The molecule has 0 aliphatic rings. The normalized spacial score (nSPS) is 12.3. The molecule has 0 fully saturated rings. The summed E-state index contributed by atoms with van der Waals surface area (Å²) >= 11 is 0. The molecule has 6 heteroatoms. The first-order chi connectivity index (χ1) is 11.3. The highest BCUT2D eigenvalue weighted by molar-refractivity contribution is 6.07. The molecule has 130 valence electrons. The standard InChI is InChI=1S/C18H23NO5/c1-4-5-6-7-10(2)23-12-8-13(21)16-14(9-12)24-18(22)15(11(3)20)17(16)19/h8-10,21H,4-7,19H2,1-3H3. The molecule has 0 amide bonds. The zero-order valence-electron chi connectivity index (χ0n) is 14.2. The Morgan fingerprint density at radius 2 is 2.08 bits per heavy atom. The minimum absolute atomic E-state index is 0.0334. The van der Waals surface area contributed by atoms with Gasteiger partial charge >= 0.3 is 5.63 Å². The minimum Gasteiger partial charge on any atom is -0.507 e. The first-order valence-electron chi connectivity index (χ1n) is 8.12. The number of ketones is 1. The number of carbonyl (C=O) groups excluding carboxylic acids is 1. The lowest BCUT2D eigenvalue weighted by atomic mass is 10.1. The van der Waals surface area contributed by atoms with E-state index in [2.05, 4.69) is 6.92 Å². The zero-order valence-corrected chi connectivity index (χ0v) is 14.2. The lowest BCUT2D eigenvalue weighted by Gasteiger charge is -2.16. The van der Waals surface area contributed by atoms with Gasteiger partial charge in [-0.15, -0.1) is 0 Å². The van der Waals surface area contributed by atoms with E-state index < -0.39 is 11.4 Å². The molecule has 2 aromatic rings. The number of nitrogen functional groups attached to an aromatic ring is 1. The number of Topliss-reactive ketones (excluding diaryl/α,β-unsaturated/α-hetero) is 1. The number of hydrogen-bond acceptors (Lipinski definition) is 6. The summed E-state index contributed by atoms with van der Waals surface area (Å²) in [5.41, 5.74) is 4.82. The Morgan fingerprint density at radius 3 is 2.71 bits per heavy atom. The quantitative estimate of drug-likeness (QED) is 0.455. The molecule has 1 atom stereocenters. The number of hydrogen-bond donors (Lipinski definition) is 2. The van der Waals surface area contributed by atoms with Crippen molar-refractivity contribution in [2.45, 2.75) is 52.6 Å². The Bertz CT molecular complexity index is 809. The van der Waals surface area contributed by atoms with E-state index in [1.807, 2.05) is 6.92 Å². The summed E-state index contributed by atoms with van der Waals surface area (Å²) < 4.78 is 10.9. The molecule has 1 aromatic carbocycles. The topological polar surface area (TPSA) is 103 Å². The Kier molecular flexibility index (Phi) is 5.49. The van der Waals surface area contributed by atoms with Crippen LogP contribution in [0.25, 0.3) is 11.0 Å². The Labute approximate surface area is 140 Å². The number of phenolic OH excluding ortho intramolecular Hbond substituents is 1. The van der Waals surface area contributed by atoms with Crippen molar-refractivity contribution in [3.8, 4) is 11.5 Å². The number of rotatable bonds is 7. The molecule has 1 heterocycles.